The Labute approximate surface area is 301 Å². The zero-order chi connectivity index (χ0) is 33.1. The van der Waals surface area contributed by atoms with Crippen LogP contribution >= 0.6 is 0 Å². The summed E-state index contributed by atoms with van der Waals surface area (Å²) in [5.41, 5.74) is 4.20. The number of carbonyl (C=O) groups excluding carboxylic acids is 1. The van der Waals surface area contributed by atoms with Crippen molar-refractivity contribution in [3.8, 4) is 0 Å². The Hall–Kier alpha value is -2.20. The van der Waals surface area contributed by atoms with Crippen molar-refractivity contribution in [2.24, 2.45) is 29.6 Å². The number of amides is 1. The van der Waals surface area contributed by atoms with E-state index in [4.69, 9.17) is 0 Å². The van der Waals surface area contributed by atoms with Crippen LogP contribution in [0.15, 0.2) is 98.1 Å². The van der Waals surface area contributed by atoms with Crippen molar-refractivity contribution in [3.63, 3.8) is 0 Å². The van der Waals surface area contributed by atoms with Gasteiger partial charge in [-0.15, -0.1) is 0 Å². The minimum Gasteiger partial charge on any atom is -0.0149 e. The second-order valence-electron chi connectivity index (χ2n) is 15.4. The molecular weight excluding hydrogens is 634 g/mol. The van der Waals surface area contributed by atoms with Gasteiger partial charge in [0.15, 0.2) is 0 Å². The van der Waals surface area contributed by atoms with Gasteiger partial charge >= 0.3 is 196 Å². The summed E-state index contributed by atoms with van der Waals surface area (Å²) in [5, 5.41) is 5.05. The number of carbonyl (C=O) groups is 1. The summed E-state index contributed by atoms with van der Waals surface area (Å²) in [5.74, 6) is 3.85. The molecule has 1 N–H and O–H groups in total. The normalized spacial score (nSPS) is 26.2. The van der Waals surface area contributed by atoms with E-state index in [1.807, 2.05) is 36.4 Å². The Balaban J connectivity index is 0.000000258. The molecule has 4 heteroatoms. The van der Waals surface area contributed by atoms with Crippen molar-refractivity contribution in [3.05, 3.63) is 109 Å². The van der Waals surface area contributed by atoms with E-state index in [1.54, 1.807) is 0 Å². The van der Waals surface area contributed by atoms with Gasteiger partial charge < -0.3 is 0 Å². The van der Waals surface area contributed by atoms with Crippen LogP contribution in [0.3, 0.4) is 0 Å². The third-order valence-corrected chi connectivity index (χ3v) is 17.1. The zero-order valence-electron chi connectivity index (χ0n) is 29.5. The first-order valence-corrected chi connectivity index (χ1v) is 23.8. The van der Waals surface area contributed by atoms with Gasteiger partial charge in [0, 0.05) is 0 Å². The molecule has 0 heterocycles. The quantitative estimate of drug-likeness (QED) is 0.236. The largest absolute Gasteiger partial charge is 0.0149 e. The molecule has 0 saturated heterocycles. The number of nitrogens with one attached hydrogen (secondary N) is 1. The summed E-state index contributed by atoms with van der Waals surface area (Å²) in [6.07, 6.45) is 29.6. The SMILES string of the molecule is C=C(C(=C)c1ccccc1)c1ccccc1.[CH3][Ti]([CH3])([NH]C(=O)C1CCCCCCCCCCC1)[CH]1C2C=CC=CC2C2CCCCC21.[SiH4]. The van der Waals surface area contributed by atoms with E-state index >= 15 is 0 Å². The predicted molar refractivity (Wildman–Crippen MR) is 211 cm³/mol. The van der Waals surface area contributed by atoms with Crippen LogP contribution in [0.2, 0.25) is 14.7 Å². The summed E-state index contributed by atoms with van der Waals surface area (Å²) >= 11 is -2.50. The van der Waals surface area contributed by atoms with E-state index in [2.05, 4.69) is 76.0 Å². The second-order valence-corrected chi connectivity index (χ2v) is 22.2. The van der Waals surface area contributed by atoms with Gasteiger partial charge in [-0.3, -0.25) is 0 Å². The van der Waals surface area contributed by atoms with Gasteiger partial charge in [-0.2, -0.15) is 0 Å². The third-order valence-electron chi connectivity index (χ3n) is 11.8. The average Bonchev–Trinajstić information content (AvgIpc) is 3.44. The van der Waals surface area contributed by atoms with Crippen LogP contribution in [0.25, 0.3) is 11.1 Å². The molecular formula is C44H65NOSiTi. The van der Waals surface area contributed by atoms with Crippen molar-refractivity contribution >= 4 is 28.0 Å². The van der Waals surface area contributed by atoms with Crippen LogP contribution in [0.5, 0.6) is 0 Å². The number of allylic oxidation sites excluding steroid dienone is 6. The number of rotatable bonds is 6. The molecule has 4 aliphatic carbocycles. The van der Waals surface area contributed by atoms with Gasteiger partial charge in [-0.1, -0.05) is 73.8 Å². The van der Waals surface area contributed by atoms with E-state index < -0.39 is 16.8 Å². The molecule has 2 aromatic carbocycles. The summed E-state index contributed by atoms with van der Waals surface area (Å²) in [7, 11) is 0. The van der Waals surface area contributed by atoms with Gasteiger partial charge in [0.05, 0.1) is 0 Å². The number of fused-ring (bicyclic) bond motifs is 3. The van der Waals surface area contributed by atoms with Crippen molar-refractivity contribution < 1.29 is 21.6 Å². The monoisotopic (exact) mass is 699 g/mol. The van der Waals surface area contributed by atoms with Gasteiger partial charge in [-0.25, -0.2) is 0 Å². The van der Waals surface area contributed by atoms with E-state index in [1.165, 1.54) is 83.5 Å². The molecule has 0 aromatic heterocycles. The average molecular weight is 700 g/mol. The Bertz CT molecular complexity index is 1300. The minimum absolute atomic E-state index is 0. The minimum atomic E-state index is -2.50. The molecule has 5 atom stereocenters. The number of hydrogen-bond donors (Lipinski definition) is 1. The Morgan fingerprint density at radius 3 is 1.52 bits per heavy atom. The maximum Gasteiger partial charge on any atom is -0.0149 e. The molecule has 6 rings (SSSR count). The number of hydrogen-bond acceptors (Lipinski definition) is 1. The molecule has 0 bridgehead atoms. The van der Waals surface area contributed by atoms with Gasteiger partial charge in [0.1, 0.15) is 0 Å². The Morgan fingerprint density at radius 1 is 0.604 bits per heavy atom. The van der Waals surface area contributed by atoms with Crippen LogP contribution in [-0.4, -0.2) is 16.9 Å². The fourth-order valence-electron chi connectivity index (χ4n) is 9.40. The number of benzene rings is 2. The summed E-state index contributed by atoms with van der Waals surface area (Å²) < 4.78 is 4.59. The Morgan fingerprint density at radius 2 is 1.02 bits per heavy atom. The van der Waals surface area contributed by atoms with E-state index in [0.717, 1.165) is 57.1 Å². The zero-order valence-corrected chi connectivity index (χ0v) is 31.0. The predicted octanol–water partition coefficient (Wildman–Crippen LogP) is 11.1. The molecule has 2 nitrogen and oxygen atoms in total. The van der Waals surface area contributed by atoms with Gasteiger partial charge in [0.25, 0.3) is 0 Å². The van der Waals surface area contributed by atoms with Gasteiger partial charge in [0.2, 0.25) is 0 Å². The first-order chi connectivity index (χ1) is 22.9. The molecule has 4 aliphatic rings. The van der Waals surface area contributed by atoms with Crippen molar-refractivity contribution in [1.29, 1.82) is 0 Å². The fraction of sp³-hybridized carbons (Fsp3) is 0.523. The smallest absolute Gasteiger partial charge is 0.0149 e. The van der Waals surface area contributed by atoms with E-state index in [-0.39, 0.29) is 16.9 Å². The molecule has 3 fully saturated rings. The van der Waals surface area contributed by atoms with Gasteiger partial charge in [-0.05, 0) is 33.2 Å². The molecule has 2 aromatic rings. The van der Waals surface area contributed by atoms with Crippen LogP contribution in [0.1, 0.15) is 107 Å². The van der Waals surface area contributed by atoms with Crippen LogP contribution in [0.4, 0.5) is 0 Å². The summed E-state index contributed by atoms with van der Waals surface area (Å²) in [6, 6.07) is 20.3. The van der Waals surface area contributed by atoms with Crippen molar-refractivity contribution in [2.45, 2.75) is 111 Å². The molecule has 48 heavy (non-hydrogen) atoms. The first kappa shape index (κ1) is 38.6. The Kier molecular flexibility index (Phi) is 15.5. The molecule has 0 spiro atoms. The molecule has 0 radical (unpaired) electrons. The van der Waals surface area contributed by atoms with Crippen molar-refractivity contribution in [1.82, 2.24) is 3.80 Å². The van der Waals surface area contributed by atoms with Crippen LogP contribution in [-0.2, 0) is 21.6 Å². The second kappa shape index (κ2) is 19.3. The third kappa shape index (κ3) is 10.2. The summed E-state index contributed by atoms with van der Waals surface area (Å²) in [4.78, 5) is 13.6. The van der Waals surface area contributed by atoms with E-state index in [0.29, 0.717) is 11.8 Å². The maximum atomic E-state index is 13.6. The molecule has 0 aliphatic heterocycles. The molecule has 1 amide bonds. The molecule has 260 valence electrons. The molecule has 5 unspecified atom stereocenters. The first-order valence-electron chi connectivity index (χ1n) is 19.0. The van der Waals surface area contributed by atoms with E-state index in [9.17, 15) is 4.79 Å². The van der Waals surface area contributed by atoms with Crippen molar-refractivity contribution in [2.75, 3.05) is 0 Å². The van der Waals surface area contributed by atoms with Crippen LogP contribution < -0.4 is 3.80 Å². The van der Waals surface area contributed by atoms with Crippen LogP contribution in [0, 0.1) is 29.6 Å². The summed E-state index contributed by atoms with van der Waals surface area (Å²) in [6.45, 7) is 8.20. The maximum absolute atomic E-state index is 13.6. The topological polar surface area (TPSA) is 29.1 Å². The fourth-order valence-corrected chi connectivity index (χ4v) is 15.3. The standard InChI is InChI=1S/C16H14.C13H25NO.C13H17.2CH3.H4Si.Ti/c1-13(15-9-5-3-6-10-15)14(2)16-11-7-4-8-12-16;14-13(15)12-10-8-6-4-2-1-3-5-7-9-11-12;1-3-7-12-10(5-1)9-11-6-2-4-8-13(11)12;;;;/h3-12H,1-2H2;12H,1-11H2,(H2,14,15);1,3,5,7,9-13H,2,4,6,8H2;2*1H3;1H4;/q;;;;;;+1/p-1. The molecule has 3 saturated carbocycles.